The second-order valence-corrected chi connectivity index (χ2v) is 15.2. The molecule has 1 atom stereocenters. The molecule has 264 valence electrons. The molecule has 1 saturated heterocycles. The van der Waals surface area contributed by atoms with Gasteiger partial charge >= 0.3 is 6.09 Å². The van der Waals surface area contributed by atoms with Gasteiger partial charge in [-0.25, -0.2) is 13.2 Å². The molecule has 6 rings (SSSR count). The molecule has 14 heteroatoms. The average Bonchev–Trinajstić information content (AvgIpc) is 3.78. The van der Waals surface area contributed by atoms with Crippen molar-refractivity contribution in [3.05, 3.63) is 82.1 Å². The molecule has 0 radical (unpaired) electrons. The molecule has 3 amide bonds. The SMILES string of the molecule is Cc1ccc(S(=O)(=O)N2CCCC2)cc1-c1cccc(C[C@H](NC(=O)C2CCC(CNC(=O)O)CC2)C(=O)Nc2ccc3c(=O)[nH][nH]c3c2)c1. The second kappa shape index (κ2) is 14.9. The maximum absolute atomic E-state index is 13.8. The third kappa shape index (κ3) is 7.92. The molecule has 0 bridgehead atoms. The van der Waals surface area contributed by atoms with Gasteiger partial charge in [-0.15, -0.1) is 0 Å². The summed E-state index contributed by atoms with van der Waals surface area (Å²) in [5.41, 5.74) is 3.93. The number of aromatic amines is 2. The number of anilines is 1. The van der Waals surface area contributed by atoms with Gasteiger partial charge in [0.15, 0.2) is 0 Å². The highest BCUT2D eigenvalue weighted by molar-refractivity contribution is 7.89. The molecule has 50 heavy (non-hydrogen) atoms. The van der Waals surface area contributed by atoms with Gasteiger partial charge in [0.25, 0.3) is 5.56 Å². The van der Waals surface area contributed by atoms with E-state index in [0.717, 1.165) is 35.1 Å². The van der Waals surface area contributed by atoms with Gasteiger partial charge in [-0.2, -0.15) is 4.31 Å². The molecule has 1 aliphatic carbocycles. The number of fused-ring (bicyclic) bond motifs is 1. The maximum Gasteiger partial charge on any atom is 0.404 e. The largest absolute Gasteiger partial charge is 0.465 e. The Morgan fingerprint density at radius 2 is 1.72 bits per heavy atom. The summed E-state index contributed by atoms with van der Waals surface area (Å²) >= 11 is 0. The van der Waals surface area contributed by atoms with Crippen LogP contribution in [0.5, 0.6) is 0 Å². The fraction of sp³-hybridized carbons (Fsp3) is 0.389. The van der Waals surface area contributed by atoms with Gasteiger partial charge in [0.1, 0.15) is 6.04 Å². The molecule has 2 aliphatic rings. The van der Waals surface area contributed by atoms with Crippen LogP contribution in [-0.4, -0.2) is 71.6 Å². The van der Waals surface area contributed by atoms with Gasteiger partial charge in [0.2, 0.25) is 21.8 Å². The van der Waals surface area contributed by atoms with E-state index in [4.69, 9.17) is 5.11 Å². The zero-order valence-corrected chi connectivity index (χ0v) is 28.6. The molecule has 13 nitrogen and oxygen atoms in total. The van der Waals surface area contributed by atoms with Crippen LogP contribution < -0.4 is 21.5 Å². The zero-order valence-electron chi connectivity index (χ0n) is 27.8. The minimum absolute atomic E-state index is 0.152. The summed E-state index contributed by atoms with van der Waals surface area (Å²) in [4.78, 5) is 50.5. The lowest BCUT2D eigenvalue weighted by Crippen LogP contribution is -2.48. The van der Waals surface area contributed by atoms with Crippen LogP contribution in [0.2, 0.25) is 0 Å². The first-order valence-electron chi connectivity index (χ1n) is 17.0. The molecule has 0 spiro atoms. The van der Waals surface area contributed by atoms with Gasteiger partial charge in [-0.1, -0.05) is 30.3 Å². The van der Waals surface area contributed by atoms with E-state index in [9.17, 15) is 27.6 Å². The average molecular weight is 703 g/mol. The number of hydrogen-bond acceptors (Lipinski definition) is 6. The minimum Gasteiger partial charge on any atom is -0.465 e. The fourth-order valence-corrected chi connectivity index (χ4v) is 8.50. The Kier molecular flexibility index (Phi) is 10.4. The van der Waals surface area contributed by atoms with Crippen LogP contribution in [0.3, 0.4) is 0 Å². The number of carbonyl (C=O) groups is 3. The van der Waals surface area contributed by atoms with Crippen LogP contribution in [0.4, 0.5) is 10.5 Å². The first-order chi connectivity index (χ1) is 24.0. The van der Waals surface area contributed by atoms with Crippen LogP contribution in [0.25, 0.3) is 22.0 Å². The van der Waals surface area contributed by atoms with E-state index >= 15 is 0 Å². The predicted molar refractivity (Wildman–Crippen MR) is 189 cm³/mol. The Balaban J connectivity index is 1.23. The lowest BCUT2D eigenvalue weighted by atomic mass is 9.81. The Morgan fingerprint density at radius 3 is 2.46 bits per heavy atom. The summed E-state index contributed by atoms with van der Waals surface area (Å²) in [6.07, 6.45) is 3.32. The summed E-state index contributed by atoms with van der Waals surface area (Å²) in [6.45, 7) is 3.28. The Bertz CT molecular complexity index is 2060. The quantitative estimate of drug-likeness (QED) is 0.134. The van der Waals surface area contributed by atoms with Crippen LogP contribution in [0, 0.1) is 18.8 Å². The number of sulfonamides is 1. The minimum atomic E-state index is -3.62. The first-order valence-corrected chi connectivity index (χ1v) is 18.4. The van der Waals surface area contributed by atoms with Crippen LogP contribution in [0.1, 0.15) is 49.7 Å². The molecule has 2 heterocycles. The van der Waals surface area contributed by atoms with Crippen LogP contribution in [0.15, 0.2) is 70.4 Å². The lowest BCUT2D eigenvalue weighted by molar-refractivity contribution is -0.130. The monoisotopic (exact) mass is 702 g/mol. The van der Waals surface area contributed by atoms with Gasteiger partial charge in [0.05, 0.1) is 15.8 Å². The van der Waals surface area contributed by atoms with E-state index in [1.54, 1.807) is 30.3 Å². The topological polar surface area (TPSA) is 194 Å². The number of carbonyl (C=O) groups excluding carboxylic acids is 2. The highest BCUT2D eigenvalue weighted by Gasteiger charge is 2.31. The number of aryl methyl sites for hydroxylation is 1. The molecule has 4 aromatic rings. The number of nitrogens with one attached hydrogen (secondary N) is 5. The molecule has 1 aliphatic heterocycles. The van der Waals surface area contributed by atoms with Crippen LogP contribution in [-0.2, 0) is 26.0 Å². The van der Waals surface area contributed by atoms with Crippen molar-refractivity contribution in [1.82, 2.24) is 25.1 Å². The van der Waals surface area contributed by atoms with E-state index < -0.39 is 28.1 Å². The third-order valence-corrected chi connectivity index (χ3v) is 11.7. The van der Waals surface area contributed by atoms with Gasteiger partial charge < -0.3 is 21.1 Å². The number of nitrogens with zero attached hydrogens (tertiary/aromatic N) is 1. The van der Waals surface area contributed by atoms with Gasteiger partial charge in [-0.3, -0.25) is 24.6 Å². The molecule has 0 unspecified atom stereocenters. The molecular weight excluding hydrogens is 660 g/mol. The Labute approximate surface area is 289 Å². The first kappa shape index (κ1) is 34.9. The van der Waals surface area contributed by atoms with E-state index in [1.165, 1.54) is 4.31 Å². The second-order valence-electron chi connectivity index (χ2n) is 13.3. The smallest absolute Gasteiger partial charge is 0.404 e. The van der Waals surface area contributed by atoms with Crippen molar-refractivity contribution in [3.63, 3.8) is 0 Å². The number of carboxylic acid groups (broad SMARTS) is 1. The summed E-state index contributed by atoms with van der Waals surface area (Å²) in [7, 11) is -3.62. The lowest BCUT2D eigenvalue weighted by Gasteiger charge is -2.29. The molecule has 6 N–H and O–H groups in total. The fourth-order valence-electron chi connectivity index (χ4n) is 6.96. The normalized spacial score (nSPS) is 18.8. The molecule has 2 fully saturated rings. The van der Waals surface area contributed by atoms with Crippen molar-refractivity contribution in [1.29, 1.82) is 0 Å². The maximum atomic E-state index is 13.8. The number of rotatable bonds is 11. The summed E-state index contributed by atoms with van der Waals surface area (Å²) in [5, 5.41) is 23.0. The van der Waals surface area contributed by atoms with Crippen molar-refractivity contribution in [2.24, 2.45) is 11.8 Å². The van der Waals surface area contributed by atoms with E-state index in [2.05, 4.69) is 26.1 Å². The molecule has 3 aromatic carbocycles. The third-order valence-electron chi connectivity index (χ3n) is 9.82. The molecular formula is C36H42N6O7S. The van der Waals surface area contributed by atoms with Gasteiger partial charge in [-0.05, 0) is 104 Å². The number of H-pyrrole nitrogens is 2. The molecule has 1 aromatic heterocycles. The highest BCUT2D eigenvalue weighted by atomic mass is 32.2. The van der Waals surface area contributed by atoms with Crippen LogP contribution >= 0.6 is 0 Å². The van der Waals surface area contributed by atoms with E-state index in [0.29, 0.717) is 61.9 Å². The summed E-state index contributed by atoms with van der Waals surface area (Å²) in [5.74, 6) is -0.844. The number of benzene rings is 3. The number of hydrogen-bond donors (Lipinski definition) is 6. The van der Waals surface area contributed by atoms with Gasteiger partial charge in [0, 0.05) is 37.7 Å². The Morgan fingerprint density at radius 1 is 0.960 bits per heavy atom. The predicted octanol–water partition coefficient (Wildman–Crippen LogP) is 4.36. The molecule has 1 saturated carbocycles. The van der Waals surface area contributed by atoms with E-state index in [1.807, 2.05) is 37.3 Å². The zero-order chi connectivity index (χ0) is 35.4. The number of amides is 3. The van der Waals surface area contributed by atoms with Crippen molar-refractivity contribution in [2.75, 3.05) is 25.0 Å². The Hall–Kier alpha value is -4.95. The highest BCUT2D eigenvalue weighted by Crippen LogP contribution is 2.31. The van der Waals surface area contributed by atoms with Crippen molar-refractivity contribution < 1.29 is 27.9 Å². The summed E-state index contributed by atoms with van der Waals surface area (Å²) in [6, 6.07) is 16.6. The van der Waals surface area contributed by atoms with Crippen molar-refractivity contribution in [2.45, 2.75) is 62.8 Å². The van der Waals surface area contributed by atoms with E-state index in [-0.39, 0.29) is 34.6 Å². The summed E-state index contributed by atoms with van der Waals surface area (Å²) < 4.78 is 28.2. The van der Waals surface area contributed by atoms with Crippen molar-refractivity contribution >= 4 is 44.5 Å². The number of aromatic nitrogens is 2. The van der Waals surface area contributed by atoms with Crippen molar-refractivity contribution in [3.8, 4) is 11.1 Å². The standard InChI is InChI=1S/C36H42N6O7S/c1-22-7-13-28(50(48,49)42-15-2-3-16-42)20-30(22)26-6-4-5-24(17-26)18-32(35(45)38-27-12-14-29-31(19-27)40-41-34(29)44)39-33(43)25-10-8-23(9-11-25)21-37-36(46)47/h4-7,12-14,17,19-20,23,25,32,37H,2-3,8-11,15-16,18,21H2,1H3,(H,38,45)(H,39,43)(H,46,47)(H2,40,41,44)/t23?,25?,32-/m0/s1.